The standard InChI is InChI=1S/C15H10N2O4/c18-13-11(9-5-2-1-3-6-9)14(19)17-8-4-7-10(15(20)21)12(17)16-13/h1-8,18H,(H,20,21). The fourth-order valence-corrected chi connectivity index (χ4v) is 2.17. The van der Waals surface area contributed by atoms with Gasteiger partial charge in [0.15, 0.2) is 5.65 Å². The van der Waals surface area contributed by atoms with E-state index < -0.39 is 17.4 Å². The molecule has 0 amide bonds. The number of fused-ring (bicyclic) bond motifs is 1. The van der Waals surface area contributed by atoms with E-state index in [2.05, 4.69) is 4.98 Å². The average Bonchev–Trinajstić information content (AvgIpc) is 2.47. The Morgan fingerprint density at radius 2 is 1.81 bits per heavy atom. The van der Waals surface area contributed by atoms with E-state index in [-0.39, 0.29) is 16.8 Å². The number of aromatic carboxylic acids is 1. The van der Waals surface area contributed by atoms with Gasteiger partial charge in [0.1, 0.15) is 11.1 Å². The molecule has 0 aliphatic rings. The summed E-state index contributed by atoms with van der Waals surface area (Å²) >= 11 is 0. The smallest absolute Gasteiger partial charge is 0.339 e. The van der Waals surface area contributed by atoms with Crippen molar-refractivity contribution in [1.29, 1.82) is 0 Å². The molecule has 0 spiro atoms. The molecule has 0 saturated heterocycles. The summed E-state index contributed by atoms with van der Waals surface area (Å²) < 4.78 is 1.12. The molecule has 1 aromatic carbocycles. The molecule has 6 nitrogen and oxygen atoms in total. The van der Waals surface area contributed by atoms with Crippen LogP contribution < -0.4 is 5.56 Å². The van der Waals surface area contributed by atoms with E-state index in [1.807, 2.05) is 0 Å². The number of aromatic nitrogens is 2. The Kier molecular flexibility index (Phi) is 2.91. The van der Waals surface area contributed by atoms with Crippen molar-refractivity contribution in [1.82, 2.24) is 9.38 Å². The number of nitrogens with zero attached hydrogens (tertiary/aromatic N) is 2. The van der Waals surface area contributed by atoms with Crippen molar-refractivity contribution in [3.63, 3.8) is 0 Å². The molecule has 0 aliphatic carbocycles. The van der Waals surface area contributed by atoms with Gasteiger partial charge in [-0.3, -0.25) is 9.20 Å². The van der Waals surface area contributed by atoms with Crippen molar-refractivity contribution < 1.29 is 15.0 Å². The lowest BCUT2D eigenvalue weighted by atomic mass is 10.1. The molecule has 3 aromatic rings. The van der Waals surface area contributed by atoms with Crippen molar-refractivity contribution in [3.05, 3.63) is 64.6 Å². The third kappa shape index (κ3) is 2.02. The first kappa shape index (κ1) is 12.9. The second-order valence-electron chi connectivity index (χ2n) is 4.40. The Balaban J connectivity index is 2.41. The zero-order valence-corrected chi connectivity index (χ0v) is 10.7. The Labute approximate surface area is 118 Å². The highest BCUT2D eigenvalue weighted by atomic mass is 16.4. The van der Waals surface area contributed by atoms with Crippen molar-refractivity contribution in [2.75, 3.05) is 0 Å². The SMILES string of the molecule is O=C(O)c1cccn2c(=O)c(-c3ccccc3)c(O)nc12. The lowest BCUT2D eigenvalue weighted by Crippen LogP contribution is -2.19. The number of aromatic hydroxyl groups is 1. The number of hydrogen-bond donors (Lipinski definition) is 2. The van der Waals surface area contributed by atoms with Gasteiger partial charge in [-0.1, -0.05) is 30.3 Å². The molecule has 104 valence electrons. The Hall–Kier alpha value is -3.15. The van der Waals surface area contributed by atoms with Crippen LogP contribution in [0.2, 0.25) is 0 Å². The van der Waals surface area contributed by atoms with Crippen LogP contribution in [0.25, 0.3) is 16.8 Å². The van der Waals surface area contributed by atoms with Crippen LogP contribution in [-0.4, -0.2) is 25.6 Å². The molecule has 0 radical (unpaired) electrons. The molecule has 0 unspecified atom stereocenters. The van der Waals surface area contributed by atoms with Crippen LogP contribution in [0, 0.1) is 0 Å². The Morgan fingerprint density at radius 1 is 1.10 bits per heavy atom. The fourth-order valence-electron chi connectivity index (χ4n) is 2.17. The van der Waals surface area contributed by atoms with E-state index >= 15 is 0 Å². The fraction of sp³-hybridized carbons (Fsp3) is 0. The molecule has 21 heavy (non-hydrogen) atoms. The van der Waals surface area contributed by atoms with E-state index in [0.717, 1.165) is 4.40 Å². The first-order valence-electron chi connectivity index (χ1n) is 6.12. The van der Waals surface area contributed by atoms with E-state index in [9.17, 15) is 14.7 Å². The van der Waals surface area contributed by atoms with Crippen molar-refractivity contribution >= 4 is 11.6 Å². The van der Waals surface area contributed by atoms with E-state index in [1.165, 1.54) is 18.3 Å². The number of hydrogen-bond acceptors (Lipinski definition) is 4. The predicted octanol–water partition coefficient (Wildman–Crippen LogP) is 1.77. The van der Waals surface area contributed by atoms with Crippen LogP contribution in [0.5, 0.6) is 5.88 Å². The van der Waals surface area contributed by atoms with Gasteiger partial charge in [-0.15, -0.1) is 0 Å². The number of benzene rings is 1. The van der Waals surface area contributed by atoms with E-state index in [1.54, 1.807) is 30.3 Å². The van der Waals surface area contributed by atoms with E-state index in [4.69, 9.17) is 5.11 Å². The maximum atomic E-state index is 12.5. The number of pyridine rings is 1. The highest BCUT2D eigenvalue weighted by molar-refractivity contribution is 5.94. The van der Waals surface area contributed by atoms with E-state index in [0.29, 0.717) is 5.56 Å². The lowest BCUT2D eigenvalue weighted by Gasteiger charge is -2.08. The molecule has 0 fully saturated rings. The van der Waals surface area contributed by atoms with Crippen LogP contribution in [0.15, 0.2) is 53.5 Å². The second kappa shape index (κ2) is 4.75. The molecule has 0 atom stereocenters. The topological polar surface area (TPSA) is 91.9 Å². The molecule has 3 rings (SSSR count). The van der Waals surface area contributed by atoms with Gasteiger partial charge in [-0.25, -0.2) is 4.79 Å². The van der Waals surface area contributed by atoms with Crippen LogP contribution in [0.4, 0.5) is 0 Å². The zero-order chi connectivity index (χ0) is 15.0. The summed E-state index contributed by atoms with van der Waals surface area (Å²) in [6, 6.07) is 11.4. The van der Waals surface area contributed by atoms with Gasteiger partial charge in [0.05, 0.1) is 0 Å². The summed E-state index contributed by atoms with van der Waals surface area (Å²) in [4.78, 5) is 27.5. The normalized spacial score (nSPS) is 10.7. The van der Waals surface area contributed by atoms with Gasteiger partial charge in [0, 0.05) is 6.20 Å². The number of carboxylic acids is 1. The minimum Gasteiger partial charge on any atom is -0.493 e. The van der Waals surface area contributed by atoms with Gasteiger partial charge >= 0.3 is 5.97 Å². The average molecular weight is 282 g/mol. The third-order valence-corrected chi connectivity index (χ3v) is 3.13. The maximum Gasteiger partial charge on any atom is 0.339 e. The van der Waals surface area contributed by atoms with Crippen LogP contribution in [-0.2, 0) is 0 Å². The minimum atomic E-state index is -1.22. The zero-order valence-electron chi connectivity index (χ0n) is 10.7. The van der Waals surface area contributed by atoms with Crippen LogP contribution >= 0.6 is 0 Å². The van der Waals surface area contributed by atoms with Crippen molar-refractivity contribution in [2.45, 2.75) is 0 Å². The molecular weight excluding hydrogens is 272 g/mol. The molecule has 2 heterocycles. The minimum absolute atomic E-state index is 0.0376. The molecular formula is C15H10N2O4. The van der Waals surface area contributed by atoms with Crippen molar-refractivity contribution in [3.8, 4) is 17.0 Å². The summed E-state index contributed by atoms with van der Waals surface area (Å²) in [5, 5.41) is 19.1. The van der Waals surface area contributed by atoms with Crippen LogP contribution in [0.1, 0.15) is 10.4 Å². The first-order valence-corrected chi connectivity index (χ1v) is 6.12. The quantitative estimate of drug-likeness (QED) is 0.747. The molecule has 0 bridgehead atoms. The van der Waals surface area contributed by atoms with Gasteiger partial charge in [0.25, 0.3) is 5.56 Å². The van der Waals surface area contributed by atoms with Gasteiger partial charge in [-0.05, 0) is 17.7 Å². The van der Waals surface area contributed by atoms with Crippen LogP contribution in [0.3, 0.4) is 0 Å². The maximum absolute atomic E-state index is 12.5. The number of carbonyl (C=O) groups is 1. The lowest BCUT2D eigenvalue weighted by molar-refractivity contribution is 0.0698. The highest BCUT2D eigenvalue weighted by Gasteiger charge is 2.17. The molecule has 0 aliphatic heterocycles. The monoisotopic (exact) mass is 282 g/mol. The molecule has 6 heteroatoms. The van der Waals surface area contributed by atoms with Crippen molar-refractivity contribution in [2.24, 2.45) is 0 Å². The summed E-state index contributed by atoms with van der Waals surface area (Å²) in [5.74, 6) is -1.70. The Morgan fingerprint density at radius 3 is 2.48 bits per heavy atom. The largest absolute Gasteiger partial charge is 0.493 e. The highest BCUT2D eigenvalue weighted by Crippen LogP contribution is 2.24. The summed E-state index contributed by atoms with van der Waals surface area (Å²) in [6.45, 7) is 0. The molecule has 2 aromatic heterocycles. The summed E-state index contributed by atoms with van der Waals surface area (Å²) in [6.07, 6.45) is 1.42. The predicted molar refractivity (Wildman–Crippen MR) is 75.5 cm³/mol. The number of rotatable bonds is 2. The van der Waals surface area contributed by atoms with Gasteiger partial charge in [-0.2, -0.15) is 4.98 Å². The number of carboxylic acid groups (broad SMARTS) is 1. The molecule has 0 saturated carbocycles. The molecule has 2 N–H and O–H groups in total. The second-order valence-corrected chi connectivity index (χ2v) is 4.40. The Bertz CT molecular complexity index is 901. The third-order valence-electron chi connectivity index (χ3n) is 3.13. The summed E-state index contributed by atoms with van der Waals surface area (Å²) in [7, 11) is 0. The first-order chi connectivity index (χ1) is 10.1. The summed E-state index contributed by atoms with van der Waals surface area (Å²) in [5.41, 5.74) is -0.207. The van der Waals surface area contributed by atoms with Gasteiger partial charge in [0.2, 0.25) is 5.88 Å². The van der Waals surface area contributed by atoms with Gasteiger partial charge < -0.3 is 10.2 Å².